The molecule has 2 fully saturated rings. The third kappa shape index (κ3) is 4.19. The van der Waals surface area contributed by atoms with Crippen molar-refractivity contribution in [2.24, 2.45) is 5.41 Å². The SMILES string of the molecule is CC1CN(C(=O)CC2(CC(=O)O)CCCCC2)CCN1C. The molecule has 0 aromatic heterocycles. The molecule has 21 heavy (non-hydrogen) atoms. The smallest absolute Gasteiger partial charge is 0.303 e. The number of hydrogen-bond acceptors (Lipinski definition) is 3. The molecule has 5 nitrogen and oxygen atoms in total. The lowest BCUT2D eigenvalue weighted by molar-refractivity contribution is -0.143. The van der Waals surface area contributed by atoms with E-state index in [1.807, 2.05) is 4.90 Å². The monoisotopic (exact) mass is 296 g/mol. The third-order valence-electron chi connectivity index (χ3n) is 5.28. The normalized spacial score (nSPS) is 26.6. The molecule has 1 N–H and O–H groups in total. The van der Waals surface area contributed by atoms with Crippen molar-refractivity contribution in [3.05, 3.63) is 0 Å². The molecule has 1 aliphatic carbocycles. The van der Waals surface area contributed by atoms with Crippen LogP contribution in [0.15, 0.2) is 0 Å². The molecule has 1 saturated carbocycles. The average molecular weight is 296 g/mol. The zero-order chi connectivity index (χ0) is 15.5. The van der Waals surface area contributed by atoms with Crippen molar-refractivity contribution in [1.29, 1.82) is 0 Å². The van der Waals surface area contributed by atoms with Crippen LogP contribution in [0.25, 0.3) is 0 Å². The van der Waals surface area contributed by atoms with Crippen LogP contribution in [0.3, 0.4) is 0 Å². The van der Waals surface area contributed by atoms with Gasteiger partial charge in [0.15, 0.2) is 0 Å². The maximum absolute atomic E-state index is 12.6. The van der Waals surface area contributed by atoms with Gasteiger partial charge in [-0.15, -0.1) is 0 Å². The van der Waals surface area contributed by atoms with Crippen molar-refractivity contribution < 1.29 is 14.7 Å². The summed E-state index contributed by atoms with van der Waals surface area (Å²) < 4.78 is 0. The molecule has 0 radical (unpaired) electrons. The van der Waals surface area contributed by atoms with Gasteiger partial charge in [0.2, 0.25) is 5.91 Å². The first-order valence-corrected chi connectivity index (χ1v) is 8.12. The summed E-state index contributed by atoms with van der Waals surface area (Å²) in [5.74, 6) is -0.616. The molecule has 0 aromatic carbocycles. The number of carboxylic acids is 1. The van der Waals surface area contributed by atoms with Crippen LogP contribution < -0.4 is 0 Å². The Hall–Kier alpha value is -1.10. The summed E-state index contributed by atoms with van der Waals surface area (Å²) in [4.78, 5) is 28.0. The van der Waals surface area contributed by atoms with Crippen LogP contribution in [0.2, 0.25) is 0 Å². The number of carbonyl (C=O) groups excluding carboxylic acids is 1. The van der Waals surface area contributed by atoms with Crippen molar-refractivity contribution >= 4 is 11.9 Å². The summed E-state index contributed by atoms with van der Waals surface area (Å²) in [5, 5.41) is 9.20. The molecular weight excluding hydrogens is 268 g/mol. The highest BCUT2D eigenvalue weighted by molar-refractivity contribution is 5.78. The van der Waals surface area contributed by atoms with Gasteiger partial charge >= 0.3 is 5.97 Å². The second kappa shape index (κ2) is 6.77. The summed E-state index contributed by atoms with van der Waals surface area (Å²) in [6.07, 6.45) is 5.60. The molecule has 1 saturated heterocycles. The van der Waals surface area contributed by atoms with Crippen LogP contribution in [0, 0.1) is 5.41 Å². The Morgan fingerprint density at radius 3 is 2.38 bits per heavy atom. The number of amides is 1. The standard InChI is InChI=1S/C16H28N2O3/c1-13-12-18(9-8-17(13)2)14(19)10-16(11-15(20)21)6-4-3-5-7-16/h13H,3-12H2,1-2H3,(H,20,21). The Morgan fingerprint density at radius 1 is 1.14 bits per heavy atom. The van der Waals surface area contributed by atoms with Gasteiger partial charge in [-0.05, 0) is 32.2 Å². The predicted octanol–water partition coefficient (Wildman–Crippen LogP) is 1.96. The van der Waals surface area contributed by atoms with Gasteiger partial charge in [-0.25, -0.2) is 0 Å². The van der Waals surface area contributed by atoms with E-state index in [4.69, 9.17) is 0 Å². The predicted molar refractivity (Wildman–Crippen MR) is 81.1 cm³/mol. The zero-order valence-electron chi connectivity index (χ0n) is 13.3. The fourth-order valence-electron chi connectivity index (χ4n) is 3.75. The number of piperazine rings is 1. The van der Waals surface area contributed by atoms with E-state index in [0.717, 1.165) is 45.3 Å². The Kier molecular flexibility index (Phi) is 5.25. The van der Waals surface area contributed by atoms with Crippen LogP contribution in [0.1, 0.15) is 51.9 Å². The summed E-state index contributed by atoms with van der Waals surface area (Å²) in [7, 11) is 2.08. The Balaban J connectivity index is 1.99. The van der Waals surface area contributed by atoms with E-state index in [0.29, 0.717) is 12.5 Å². The zero-order valence-corrected chi connectivity index (χ0v) is 13.3. The van der Waals surface area contributed by atoms with E-state index >= 15 is 0 Å². The highest BCUT2D eigenvalue weighted by atomic mass is 16.4. The molecule has 0 aromatic rings. The number of likely N-dealkylation sites (N-methyl/N-ethyl adjacent to an activating group) is 1. The average Bonchev–Trinajstić information content (AvgIpc) is 2.41. The van der Waals surface area contributed by atoms with Crippen LogP contribution in [-0.2, 0) is 9.59 Å². The maximum Gasteiger partial charge on any atom is 0.303 e. The molecule has 1 atom stereocenters. The maximum atomic E-state index is 12.6. The molecule has 1 unspecified atom stereocenters. The van der Waals surface area contributed by atoms with Gasteiger partial charge in [-0.2, -0.15) is 0 Å². The summed E-state index contributed by atoms with van der Waals surface area (Å²) >= 11 is 0. The largest absolute Gasteiger partial charge is 0.481 e. The molecule has 120 valence electrons. The molecule has 0 bridgehead atoms. The lowest BCUT2D eigenvalue weighted by Gasteiger charge is -2.41. The fraction of sp³-hybridized carbons (Fsp3) is 0.875. The molecule has 0 spiro atoms. The molecule has 1 aliphatic heterocycles. The second-order valence-corrected chi connectivity index (χ2v) is 6.98. The quantitative estimate of drug-likeness (QED) is 0.861. The summed E-state index contributed by atoms with van der Waals surface area (Å²) in [6, 6.07) is 0.379. The first-order valence-electron chi connectivity index (χ1n) is 8.12. The van der Waals surface area contributed by atoms with Crippen LogP contribution in [0.4, 0.5) is 0 Å². The minimum atomic E-state index is -0.767. The van der Waals surface area contributed by atoms with Gasteiger partial charge in [0.05, 0.1) is 6.42 Å². The van der Waals surface area contributed by atoms with Gasteiger partial charge in [0, 0.05) is 32.1 Å². The van der Waals surface area contributed by atoms with Crippen molar-refractivity contribution in [3.8, 4) is 0 Å². The van der Waals surface area contributed by atoms with Gasteiger partial charge in [-0.3, -0.25) is 9.59 Å². The second-order valence-electron chi connectivity index (χ2n) is 6.98. The van der Waals surface area contributed by atoms with Crippen LogP contribution in [-0.4, -0.2) is 59.5 Å². The minimum Gasteiger partial charge on any atom is -0.481 e. The van der Waals surface area contributed by atoms with Gasteiger partial charge in [-0.1, -0.05) is 19.3 Å². The van der Waals surface area contributed by atoms with Gasteiger partial charge < -0.3 is 14.9 Å². The molecule has 2 rings (SSSR count). The van der Waals surface area contributed by atoms with Gasteiger partial charge in [0.1, 0.15) is 0 Å². The number of nitrogens with zero attached hydrogens (tertiary/aromatic N) is 2. The van der Waals surface area contributed by atoms with Gasteiger partial charge in [0.25, 0.3) is 0 Å². The molecule has 2 aliphatic rings. The lowest BCUT2D eigenvalue weighted by Crippen LogP contribution is -2.52. The molecular formula is C16H28N2O3. The first-order chi connectivity index (χ1) is 9.92. The minimum absolute atomic E-state index is 0.141. The van der Waals surface area contributed by atoms with Crippen molar-refractivity contribution in [2.75, 3.05) is 26.7 Å². The first kappa shape index (κ1) is 16.3. The number of carbonyl (C=O) groups is 2. The molecule has 1 amide bonds. The Morgan fingerprint density at radius 2 is 1.81 bits per heavy atom. The number of aliphatic carboxylic acids is 1. The fourth-order valence-corrected chi connectivity index (χ4v) is 3.75. The van der Waals surface area contributed by atoms with Crippen LogP contribution >= 0.6 is 0 Å². The number of hydrogen-bond donors (Lipinski definition) is 1. The summed E-state index contributed by atoms with van der Waals surface area (Å²) in [6.45, 7) is 4.56. The number of carboxylic acid groups (broad SMARTS) is 1. The van der Waals surface area contributed by atoms with E-state index in [1.165, 1.54) is 6.42 Å². The van der Waals surface area contributed by atoms with E-state index in [1.54, 1.807) is 0 Å². The molecule has 1 heterocycles. The van der Waals surface area contributed by atoms with E-state index < -0.39 is 5.97 Å². The van der Waals surface area contributed by atoms with Crippen molar-refractivity contribution in [3.63, 3.8) is 0 Å². The lowest BCUT2D eigenvalue weighted by atomic mass is 9.69. The number of rotatable bonds is 4. The topological polar surface area (TPSA) is 60.9 Å². The summed E-state index contributed by atoms with van der Waals surface area (Å²) in [5.41, 5.74) is -0.298. The van der Waals surface area contributed by atoms with E-state index in [-0.39, 0.29) is 17.7 Å². The van der Waals surface area contributed by atoms with Crippen LogP contribution in [0.5, 0.6) is 0 Å². The highest BCUT2D eigenvalue weighted by Gasteiger charge is 2.38. The van der Waals surface area contributed by atoms with Crippen molar-refractivity contribution in [1.82, 2.24) is 9.80 Å². The Labute approximate surface area is 127 Å². The highest BCUT2D eigenvalue weighted by Crippen LogP contribution is 2.42. The van der Waals surface area contributed by atoms with Crippen molar-refractivity contribution in [2.45, 2.75) is 57.9 Å². The van der Waals surface area contributed by atoms with E-state index in [2.05, 4.69) is 18.9 Å². The third-order valence-corrected chi connectivity index (χ3v) is 5.28. The van der Waals surface area contributed by atoms with E-state index in [9.17, 15) is 14.7 Å². The Bertz CT molecular complexity index is 391. The molecule has 5 heteroatoms.